The van der Waals surface area contributed by atoms with E-state index in [1.807, 2.05) is 63.2 Å². The Morgan fingerprint density at radius 3 is 2.34 bits per heavy atom. The van der Waals surface area contributed by atoms with E-state index in [-0.39, 0.29) is 11.8 Å². The second kappa shape index (κ2) is 12.3. The molecule has 2 aromatic rings. The van der Waals surface area contributed by atoms with Gasteiger partial charge in [-0.2, -0.15) is 0 Å². The van der Waals surface area contributed by atoms with E-state index in [0.29, 0.717) is 25.3 Å². The number of hydrogen-bond donors (Lipinski definition) is 1. The molecule has 0 bridgehead atoms. The molecule has 0 saturated carbocycles. The first kappa shape index (κ1) is 23.0. The van der Waals surface area contributed by atoms with Gasteiger partial charge in [0, 0.05) is 18.0 Å². The highest BCUT2D eigenvalue weighted by molar-refractivity contribution is 8.00. The molecule has 5 heteroatoms. The summed E-state index contributed by atoms with van der Waals surface area (Å²) in [6, 6.07) is 17.8. The van der Waals surface area contributed by atoms with E-state index in [0.717, 1.165) is 17.7 Å². The predicted octanol–water partition coefficient (Wildman–Crippen LogP) is 4.46. The van der Waals surface area contributed by atoms with Crippen molar-refractivity contribution in [2.75, 3.05) is 18.8 Å². The standard InChI is InChI=1S/C24H32N2O2S/c1-4-16-25-24(28)22(5-2)26(17-15-20-9-7-6-8-10-20)23(27)18-29-21-13-11-19(3)12-14-21/h6-14,22H,4-5,15-18H2,1-3H3,(H,25,28). The Morgan fingerprint density at radius 1 is 1.03 bits per heavy atom. The van der Waals surface area contributed by atoms with Gasteiger partial charge >= 0.3 is 0 Å². The molecule has 1 atom stereocenters. The molecule has 1 unspecified atom stereocenters. The molecule has 0 aromatic heterocycles. The number of carbonyl (C=O) groups is 2. The minimum absolute atomic E-state index is 0.00463. The van der Waals surface area contributed by atoms with E-state index >= 15 is 0 Å². The highest BCUT2D eigenvalue weighted by Crippen LogP contribution is 2.20. The van der Waals surface area contributed by atoms with Crippen LogP contribution in [-0.4, -0.2) is 41.6 Å². The van der Waals surface area contributed by atoms with Crippen LogP contribution in [0.3, 0.4) is 0 Å². The highest BCUT2D eigenvalue weighted by atomic mass is 32.2. The number of carbonyl (C=O) groups excluding carboxylic acids is 2. The molecule has 0 radical (unpaired) electrons. The lowest BCUT2D eigenvalue weighted by Gasteiger charge is -2.30. The average Bonchev–Trinajstić information content (AvgIpc) is 2.75. The largest absolute Gasteiger partial charge is 0.354 e. The molecule has 29 heavy (non-hydrogen) atoms. The van der Waals surface area contributed by atoms with Crippen molar-refractivity contribution in [1.29, 1.82) is 0 Å². The van der Waals surface area contributed by atoms with E-state index in [2.05, 4.69) is 17.4 Å². The molecule has 2 aromatic carbocycles. The Kier molecular flexibility index (Phi) is 9.78. The van der Waals surface area contributed by atoms with Crippen LogP contribution in [0, 0.1) is 6.92 Å². The van der Waals surface area contributed by atoms with Crippen LogP contribution in [-0.2, 0) is 16.0 Å². The smallest absolute Gasteiger partial charge is 0.242 e. The topological polar surface area (TPSA) is 49.4 Å². The lowest BCUT2D eigenvalue weighted by molar-refractivity contribution is -0.138. The molecule has 156 valence electrons. The Labute approximate surface area is 179 Å². The molecule has 0 spiro atoms. The molecule has 0 aliphatic carbocycles. The summed E-state index contributed by atoms with van der Waals surface area (Å²) in [6.07, 6.45) is 2.22. The second-order valence-electron chi connectivity index (χ2n) is 7.14. The van der Waals surface area contributed by atoms with Crippen molar-refractivity contribution in [2.24, 2.45) is 0 Å². The van der Waals surface area contributed by atoms with Crippen molar-refractivity contribution in [3.63, 3.8) is 0 Å². The first-order valence-electron chi connectivity index (χ1n) is 10.4. The lowest BCUT2D eigenvalue weighted by Crippen LogP contribution is -2.50. The Balaban J connectivity index is 2.09. The predicted molar refractivity (Wildman–Crippen MR) is 121 cm³/mol. The maximum atomic E-state index is 13.1. The summed E-state index contributed by atoms with van der Waals surface area (Å²) < 4.78 is 0. The summed E-state index contributed by atoms with van der Waals surface area (Å²) in [4.78, 5) is 28.6. The molecule has 0 aliphatic rings. The fourth-order valence-electron chi connectivity index (χ4n) is 3.12. The van der Waals surface area contributed by atoms with Gasteiger partial charge in [-0.1, -0.05) is 61.9 Å². The third-order valence-corrected chi connectivity index (χ3v) is 5.80. The minimum Gasteiger partial charge on any atom is -0.354 e. The van der Waals surface area contributed by atoms with Crippen LogP contribution in [0.15, 0.2) is 59.5 Å². The van der Waals surface area contributed by atoms with Crippen LogP contribution in [0.25, 0.3) is 0 Å². The normalized spacial score (nSPS) is 11.7. The summed E-state index contributed by atoms with van der Waals surface area (Å²) >= 11 is 1.52. The Hall–Kier alpha value is -2.27. The maximum Gasteiger partial charge on any atom is 0.242 e. The second-order valence-corrected chi connectivity index (χ2v) is 8.19. The zero-order chi connectivity index (χ0) is 21.1. The van der Waals surface area contributed by atoms with E-state index in [1.165, 1.54) is 22.9 Å². The molecule has 0 saturated heterocycles. The summed E-state index contributed by atoms with van der Waals surface area (Å²) in [5.74, 6) is 0.274. The van der Waals surface area contributed by atoms with Gasteiger partial charge in [0.2, 0.25) is 11.8 Å². The number of thioether (sulfide) groups is 1. The average molecular weight is 413 g/mol. The van der Waals surface area contributed by atoms with Crippen LogP contribution in [0.1, 0.15) is 37.8 Å². The van der Waals surface area contributed by atoms with Crippen LogP contribution >= 0.6 is 11.8 Å². The monoisotopic (exact) mass is 412 g/mol. The number of amides is 2. The fourth-order valence-corrected chi connectivity index (χ4v) is 3.91. The maximum absolute atomic E-state index is 13.1. The molecule has 4 nitrogen and oxygen atoms in total. The number of nitrogens with one attached hydrogen (secondary N) is 1. The van der Waals surface area contributed by atoms with Crippen LogP contribution in [0.5, 0.6) is 0 Å². The summed E-state index contributed by atoms with van der Waals surface area (Å²) in [5, 5.41) is 2.96. The van der Waals surface area contributed by atoms with E-state index in [9.17, 15) is 9.59 Å². The Morgan fingerprint density at radius 2 is 1.72 bits per heavy atom. The van der Waals surface area contributed by atoms with E-state index < -0.39 is 6.04 Å². The molecule has 2 rings (SSSR count). The molecule has 1 N–H and O–H groups in total. The van der Waals surface area contributed by atoms with Gasteiger partial charge in [-0.25, -0.2) is 0 Å². The number of aryl methyl sites for hydroxylation is 1. The number of rotatable bonds is 11. The van der Waals surface area contributed by atoms with Gasteiger partial charge in [0.15, 0.2) is 0 Å². The van der Waals surface area contributed by atoms with Crippen molar-refractivity contribution in [2.45, 2.75) is 51.0 Å². The van der Waals surface area contributed by atoms with Crippen LogP contribution in [0.2, 0.25) is 0 Å². The summed E-state index contributed by atoms with van der Waals surface area (Å²) in [5.41, 5.74) is 2.36. The van der Waals surface area contributed by atoms with Crippen molar-refractivity contribution in [3.8, 4) is 0 Å². The lowest BCUT2D eigenvalue weighted by atomic mass is 10.1. The third kappa shape index (κ3) is 7.58. The molecule has 0 fully saturated rings. The summed E-state index contributed by atoms with van der Waals surface area (Å²) in [7, 11) is 0. The summed E-state index contributed by atoms with van der Waals surface area (Å²) in [6.45, 7) is 7.21. The van der Waals surface area contributed by atoms with Gasteiger partial charge in [0.05, 0.1) is 5.75 Å². The zero-order valence-electron chi connectivity index (χ0n) is 17.7. The van der Waals surface area contributed by atoms with Gasteiger partial charge in [-0.05, 0) is 43.9 Å². The van der Waals surface area contributed by atoms with Crippen molar-refractivity contribution in [3.05, 3.63) is 65.7 Å². The minimum atomic E-state index is -0.434. The van der Waals surface area contributed by atoms with Gasteiger partial charge in [-0.15, -0.1) is 11.8 Å². The van der Waals surface area contributed by atoms with Gasteiger partial charge in [0.25, 0.3) is 0 Å². The van der Waals surface area contributed by atoms with Crippen molar-refractivity contribution < 1.29 is 9.59 Å². The van der Waals surface area contributed by atoms with Gasteiger partial charge < -0.3 is 10.2 Å². The molecule has 0 aliphatic heterocycles. The molecule has 2 amide bonds. The first-order valence-corrected chi connectivity index (χ1v) is 11.3. The quantitative estimate of drug-likeness (QED) is 0.554. The SMILES string of the molecule is CCCNC(=O)C(CC)N(CCc1ccccc1)C(=O)CSc1ccc(C)cc1. The van der Waals surface area contributed by atoms with Crippen molar-refractivity contribution >= 4 is 23.6 Å². The number of hydrogen-bond acceptors (Lipinski definition) is 3. The Bertz CT molecular complexity index is 762. The van der Waals surface area contributed by atoms with Gasteiger partial charge in [0.1, 0.15) is 6.04 Å². The highest BCUT2D eigenvalue weighted by Gasteiger charge is 2.27. The van der Waals surface area contributed by atoms with Crippen LogP contribution < -0.4 is 5.32 Å². The first-order chi connectivity index (χ1) is 14.0. The van der Waals surface area contributed by atoms with E-state index in [1.54, 1.807) is 4.90 Å². The molecular weight excluding hydrogens is 380 g/mol. The van der Waals surface area contributed by atoms with Crippen LogP contribution in [0.4, 0.5) is 0 Å². The van der Waals surface area contributed by atoms with E-state index in [4.69, 9.17) is 0 Å². The molecule has 0 heterocycles. The zero-order valence-corrected chi connectivity index (χ0v) is 18.5. The van der Waals surface area contributed by atoms with Crippen molar-refractivity contribution in [1.82, 2.24) is 10.2 Å². The van der Waals surface area contributed by atoms with Gasteiger partial charge in [-0.3, -0.25) is 9.59 Å². The number of nitrogens with zero attached hydrogens (tertiary/aromatic N) is 1. The number of benzene rings is 2. The molecular formula is C24H32N2O2S. The fraction of sp³-hybridized carbons (Fsp3) is 0.417. The third-order valence-electron chi connectivity index (χ3n) is 4.80.